The first-order valence-electron chi connectivity index (χ1n) is 7.95. The molecule has 0 bridgehead atoms. The average molecular weight is 316 g/mol. The molecular weight excluding hydrogens is 280 g/mol. The van der Waals surface area contributed by atoms with Gasteiger partial charge in [-0.15, -0.1) is 0 Å². The number of hydrogen-bond donors (Lipinski definition) is 1. The number of nitrogens with two attached hydrogens (primary N) is 1. The molecule has 5 nitrogen and oxygen atoms in total. The summed E-state index contributed by atoms with van der Waals surface area (Å²) in [4.78, 5) is 14.9. The van der Waals surface area contributed by atoms with Crippen molar-refractivity contribution >= 4 is 12.0 Å². The lowest BCUT2D eigenvalue weighted by atomic mass is 10.0. The summed E-state index contributed by atoms with van der Waals surface area (Å²) in [6.45, 7) is 14.3. The molecule has 1 heterocycles. The van der Waals surface area contributed by atoms with Crippen molar-refractivity contribution in [1.82, 2.24) is 0 Å². The van der Waals surface area contributed by atoms with Crippen molar-refractivity contribution in [2.75, 3.05) is 20.8 Å². The van der Waals surface area contributed by atoms with E-state index in [4.69, 9.17) is 10.5 Å². The van der Waals surface area contributed by atoms with Crippen LogP contribution in [0.5, 0.6) is 0 Å². The van der Waals surface area contributed by atoms with Gasteiger partial charge in [-0.1, -0.05) is 27.7 Å². The largest absolute Gasteiger partial charge is 0.402 e. The Kier molecular flexibility index (Phi) is 20.9. The molecule has 1 unspecified atom stereocenters. The minimum absolute atomic E-state index is 0.245. The zero-order valence-corrected chi connectivity index (χ0v) is 15.9. The van der Waals surface area contributed by atoms with Crippen LogP contribution in [0.15, 0.2) is 16.3 Å². The van der Waals surface area contributed by atoms with Crippen molar-refractivity contribution < 1.29 is 14.3 Å². The molecule has 1 aliphatic rings. The summed E-state index contributed by atoms with van der Waals surface area (Å²) in [5, 5.41) is 0. The first kappa shape index (κ1) is 25.7. The van der Waals surface area contributed by atoms with Gasteiger partial charge < -0.3 is 20.0 Å². The van der Waals surface area contributed by atoms with Crippen LogP contribution >= 0.6 is 0 Å². The summed E-state index contributed by atoms with van der Waals surface area (Å²) >= 11 is 0. The fourth-order valence-corrected chi connectivity index (χ4v) is 1.57. The van der Waals surface area contributed by atoms with E-state index >= 15 is 0 Å². The highest BCUT2D eigenvalue weighted by Crippen LogP contribution is 2.17. The molecule has 132 valence electrons. The Morgan fingerprint density at radius 2 is 1.77 bits per heavy atom. The summed E-state index contributed by atoms with van der Waals surface area (Å²) < 4.78 is 9.58. The second kappa shape index (κ2) is 17.9. The van der Waals surface area contributed by atoms with Crippen LogP contribution in [0.25, 0.3) is 0 Å². The van der Waals surface area contributed by atoms with Crippen molar-refractivity contribution in [1.29, 1.82) is 0 Å². The lowest BCUT2D eigenvalue weighted by Crippen LogP contribution is -2.29. The molecular formula is C17H36N2O3. The van der Waals surface area contributed by atoms with E-state index in [0.29, 0.717) is 13.0 Å². The van der Waals surface area contributed by atoms with E-state index in [9.17, 15) is 4.79 Å². The molecule has 0 aromatic heterocycles. The van der Waals surface area contributed by atoms with Gasteiger partial charge in [0.05, 0.1) is 6.61 Å². The zero-order chi connectivity index (χ0) is 18.1. The van der Waals surface area contributed by atoms with E-state index in [2.05, 4.69) is 9.73 Å². The molecule has 0 radical (unpaired) electrons. The number of rotatable bonds is 3. The first-order valence-corrected chi connectivity index (χ1v) is 7.95. The highest BCUT2D eigenvalue weighted by atomic mass is 16.5. The molecule has 0 spiro atoms. The molecule has 1 aliphatic heterocycles. The molecule has 0 amide bonds. The topological polar surface area (TPSA) is 73.9 Å². The van der Waals surface area contributed by atoms with Crippen molar-refractivity contribution in [2.24, 2.45) is 10.7 Å². The number of hydrogen-bond acceptors (Lipinski definition) is 5. The molecule has 1 rings (SSSR count). The van der Waals surface area contributed by atoms with Gasteiger partial charge in [0.1, 0.15) is 12.4 Å². The summed E-state index contributed by atoms with van der Waals surface area (Å²) in [5.41, 5.74) is 8.45. The molecule has 2 N–H and O–H groups in total. The third-order valence-corrected chi connectivity index (χ3v) is 2.29. The smallest absolute Gasteiger partial charge is 0.149 e. The minimum atomic E-state index is -0.388. The Bertz CT molecular complexity index is 324. The highest BCUT2D eigenvalue weighted by Gasteiger charge is 2.20. The SMILES string of the molecule is CC.CC.CC(=NC(C)C)C1=C(N)CC(C=O)OC1.COC. The van der Waals surface area contributed by atoms with Gasteiger partial charge in [0.15, 0.2) is 0 Å². The summed E-state index contributed by atoms with van der Waals surface area (Å²) in [6.07, 6.45) is 0.878. The maximum atomic E-state index is 10.5. The standard InChI is InChI=1S/C11H18N2O2.C2H6O.2C2H6/c1-7(2)13-8(3)10-6-15-9(5-14)4-11(10)12;1-3-2;2*1-2/h5,7,9H,4,6,12H2,1-3H3;1-2H3;2*1-2H3. The van der Waals surface area contributed by atoms with Crippen molar-refractivity contribution in [2.45, 2.75) is 67.0 Å². The number of carbonyl (C=O) groups excluding carboxylic acids is 1. The fourth-order valence-electron chi connectivity index (χ4n) is 1.57. The van der Waals surface area contributed by atoms with Crippen LogP contribution in [0.2, 0.25) is 0 Å². The minimum Gasteiger partial charge on any atom is -0.402 e. The Morgan fingerprint density at radius 1 is 1.32 bits per heavy atom. The van der Waals surface area contributed by atoms with Gasteiger partial charge >= 0.3 is 0 Å². The number of aliphatic imine (C=N–C) groups is 1. The van der Waals surface area contributed by atoms with Crippen LogP contribution in [0.4, 0.5) is 0 Å². The second-order valence-corrected chi connectivity index (χ2v) is 4.41. The maximum Gasteiger partial charge on any atom is 0.149 e. The highest BCUT2D eigenvalue weighted by molar-refractivity contribution is 5.99. The van der Waals surface area contributed by atoms with Crippen LogP contribution < -0.4 is 5.73 Å². The van der Waals surface area contributed by atoms with Crippen molar-refractivity contribution in [3.05, 3.63) is 11.3 Å². The van der Waals surface area contributed by atoms with E-state index < -0.39 is 0 Å². The van der Waals surface area contributed by atoms with E-state index in [1.54, 1.807) is 14.2 Å². The van der Waals surface area contributed by atoms with E-state index in [0.717, 1.165) is 23.3 Å². The average Bonchev–Trinajstić information content (AvgIpc) is 2.51. The summed E-state index contributed by atoms with van der Waals surface area (Å²) in [7, 11) is 3.25. The maximum absolute atomic E-state index is 10.5. The summed E-state index contributed by atoms with van der Waals surface area (Å²) in [5.74, 6) is 0. The Morgan fingerprint density at radius 3 is 2.09 bits per heavy atom. The molecule has 1 atom stereocenters. The van der Waals surface area contributed by atoms with Crippen LogP contribution in [-0.4, -0.2) is 45.0 Å². The third kappa shape index (κ3) is 12.5. The fraction of sp³-hybridized carbons (Fsp3) is 0.765. The third-order valence-electron chi connectivity index (χ3n) is 2.29. The van der Waals surface area contributed by atoms with Gasteiger partial charge in [-0.3, -0.25) is 4.99 Å². The van der Waals surface area contributed by atoms with Crippen LogP contribution in [-0.2, 0) is 14.3 Å². The van der Waals surface area contributed by atoms with Crippen LogP contribution in [0, 0.1) is 0 Å². The number of carbonyl (C=O) groups is 1. The number of nitrogens with zero attached hydrogens (tertiary/aromatic N) is 1. The number of methoxy groups -OCH3 is 1. The zero-order valence-electron chi connectivity index (χ0n) is 15.9. The van der Waals surface area contributed by atoms with E-state index in [1.807, 2.05) is 48.5 Å². The summed E-state index contributed by atoms with van der Waals surface area (Å²) in [6, 6.07) is 0.245. The molecule has 0 aromatic rings. The Labute approximate surface area is 137 Å². The van der Waals surface area contributed by atoms with Gasteiger partial charge in [-0.25, -0.2) is 0 Å². The van der Waals surface area contributed by atoms with Gasteiger partial charge in [0, 0.05) is 43.7 Å². The molecule has 0 saturated heterocycles. The molecule has 0 saturated carbocycles. The lowest BCUT2D eigenvalue weighted by molar-refractivity contribution is -0.117. The Balaban J connectivity index is -0.000000446. The van der Waals surface area contributed by atoms with Gasteiger partial charge in [-0.05, 0) is 20.8 Å². The number of aldehydes is 1. The molecule has 0 aromatic carbocycles. The van der Waals surface area contributed by atoms with Gasteiger partial charge in [0.2, 0.25) is 0 Å². The normalized spacial score (nSPS) is 17.4. The van der Waals surface area contributed by atoms with Crippen LogP contribution in [0.1, 0.15) is 54.9 Å². The molecule has 22 heavy (non-hydrogen) atoms. The number of ether oxygens (including phenoxy) is 2. The van der Waals surface area contributed by atoms with E-state index in [1.165, 1.54) is 0 Å². The lowest BCUT2D eigenvalue weighted by Gasteiger charge is -2.22. The first-order chi connectivity index (χ1) is 10.5. The van der Waals surface area contributed by atoms with Crippen molar-refractivity contribution in [3.63, 3.8) is 0 Å². The quantitative estimate of drug-likeness (QED) is 0.640. The molecule has 5 heteroatoms. The van der Waals surface area contributed by atoms with E-state index in [-0.39, 0.29) is 12.1 Å². The predicted octanol–water partition coefficient (Wildman–Crippen LogP) is 3.37. The molecule has 0 fully saturated rings. The van der Waals surface area contributed by atoms with Crippen molar-refractivity contribution in [3.8, 4) is 0 Å². The van der Waals surface area contributed by atoms with Gasteiger partial charge in [-0.2, -0.15) is 0 Å². The predicted molar refractivity (Wildman–Crippen MR) is 95.5 cm³/mol. The van der Waals surface area contributed by atoms with Gasteiger partial charge in [0.25, 0.3) is 0 Å². The molecule has 0 aliphatic carbocycles. The monoisotopic (exact) mass is 316 g/mol. The Hall–Kier alpha value is -1.20. The second-order valence-electron chi connectivity index (χ2n) is 4.41. The van der Waals surface area contributed by atoms with Crippen LogP contribution in [0.3, 0.4) is 0 Å².